The summed E-state index contributed by atoms with van der Waals surface area (Å²) in [6, 6.07) is 14.2. The Morgan fingerprint density at radius 1 is 0.750 bits per heavy atom. The van der Waals surface area contributed by atoms with Crippen LogP contribution in [0.15, 0.2) is 73.1 Å². The first-order valence-corrected chi connectivity index (χ1v) is 13.1. The fourth-order valence-electron chi connectivity index (χ4n) is 4.48. The molecule has 0 aliphatic heterocycles. The van der Waals surface area contributed by atoms with E-state index in [0.717, 1.165) is 18.4 Å². The van der Waals surface area contributed by atoms with Gasteiger partial charge >= 0.3 is 6.18 Å². The predicted molar refractivity (Wildman–Crippen MR) is 134 cm³/mol. The molecule has 2 aromatic heterocycles. The van der Waals surface area contributed by atoms with Gasteiger partial charge in [-0.25, -0.2) is 4.18 Å². The van der Waals surface area contributed by atoms with Gasteiger partial charge in [-0.15, -0.1) is 0 Å². The summed E-state index contributed by atoms with van der Waals surface area (Å²) in [5, 5.41) is 1.82. The molecule has 0 amide bonds. The summed E-state index contributed by atoms with van der Waals surface area (Å²) in [5.74, 6) is 0. The van der Waals surface area contributed by atoms with Gasteiger partial charge in [-0.05, 0) is 54.1 Å². The monoisotopic (exact) mass is 552 g/mol. The van der Waals surface area contributed by atoms with Crippen molar-refractivity contribution in [1.82, 2.24) is 9.97 Å². The maximum absolute atomic E-state index is 13.4. The van der Waals surface area contributed by atoms with E-state index in [1.807, 2.05) is 0 Å². The minimum Gasteiger partial charge on any atom is -0.361 e. The normalized spacial score (nSPS) is 13.1. The Labute approximate surface area is 213 Å². The fourth-order valence-corrected chi connectivity index (χ4v) is 5.56. The molecule has 5 rings (SSSR count). The summed E-state index contributed by atoms with van der Waals surface area (Å²) in [7, 11) is -4.19. The summed E-state index contributed by atoms with van der Waals surface area (Å²) in [5.41, 5.74) is -0.701. The van der Waals surface area contributed by atoms with Crippen LogP contribution in [0.3, 0.4) is 0 Å². The number of hydrogen-bond acceptors (Lipinski definition) is 3. The maximum atomic E-state index is 13.4. The Morgan fingerprint density at radius 3 is 1.61 bits per heavy atom. The number of fused-ring (bicyclic) bond motifs is 2. The van der Waals surface area contributed by atoms with E-state index in [4.69, 9.17) is 27.4 Å². The molecule has 2 N–H and O–H groups in total. The average Bonchev–Trinajstić information content (AvgIpc) is 3.40. The zero-order valence-electron chi connectivity index (χ0n) is 18.5. The standard InChI is InChI=1S/C25H17Cl2F3N2O3S/c1-36(33,34)35-24(14-2-4-15(5-3-14)25(28,29)30,20-12-31-22-8-6-16(26)10-18(20)22)21-13-32-23-9-7-17(27)11-19(21)23/h2-13,31-32H,1H3. The van der Waals surface area contributed by atoms with E-state index in [1.54, 1.807) is 48.8 Å². The molecular formula is C25H17Cl2F3N2O3S. The van der Waals surface area contributed by atoms with E-state index in [1.165, 1.54) is 12.1 Å². The molecule has 186 valence electrons. The molecule has 0 fully saturated rings. The highest BCUT2D eigenvalue weighted by molar-refractivity contribution is 7.86. The molecule has 36 heavy (non-hydrogen) atoms. The number of rotatable bonds is 5. The van der Waals surface area contributed by atoms with Crippen molar-refractivity contribution in [3.05, 3.63) is 105 Å². The second kappa shape index (κ2) is 8.55. The second-order valence-corrected chi connectivity index (χ2v) is 10.8. The third kappa shape index (κ3) is 4.26. The van der Waals surface area contributed by atoms with E-state index < -0.39 is 27.5 Å². The zero-order valence-corrected chi connectivity index (χ0v) is 20.8. The van der Waals surface area contributed by atoms with Gasteiger partial charge in [0.15, 0.2) is 5.60 Å². The number of hydrogen-bond donors (Lipinski definition) is 2. The molecule has 5 nitrogen and oxygen atoms in total. The third-order valence-electron chi connectivity index (χ3n) is 5.94. The van der Waals surface area contributed by atoms with Crippen LogP contribution in [-0.2, 0) is 26.1 Å². The van der Waals surface area contributed by atoms with Gasteiger partial charge in [-0.2, -0.15) is 21.6 Å². The molecule has 0 saturated heterocycles. The fraction of sp³-hybridized carbons (Fsp3) is 0.120. The topological polar surface area (TPSA) is 75.0 Å². The van der Waals surface area contributed by atoms with Crippen molar-refractivity contribution < 1.29 is 25.8 Å². The highest BCUT2D eigenvalue weighted by Gasteiger charge is 2.45. The highest BCUT2D eigenvalue weighted by Crippen LogP contribution is 2.48. The lowest BCUT2D eigenvalue weighted by Gasteiger charge is -2.33. The lowest BCUT2D eigenvalue weighted by atomic mass is 9.80. The van der Waals surface area contributed by atoms with Gasteiger partial charge in [0.2, 0.25) is 0 Å². The Kier molecular flexibility index (Phi) is 5.87. The van der Waals surface area contributed by atoms with Gasteiger partial charge in [-0.3, -0.25) is 0 Å². The van der Waals surface area contributed by atoms with Crippen molar-refractivity contribution in [2.24, 2.45) is 0 Å². The van der Waals surface area contributed by atoms with Crippen LogP contribution in [0.1, 0.15) is 22.3 Å². The van der Waals surface area contributed by atoms with Crippen molar-refractivity contribution in [3.63, 3.8) is 0 Å². The third-order valence-corrected chi connectivity index (χ3v) is 6.96. The van der Waals surface area contributed by atoms with Crippen molar-refractivity contribution >= 4 is 55.1 Å². The Morgan fingerprint density at radius 2 is 1.19 bits per heavy atom. The van der Waals surface area contributed by atoms with E-state index in [9.17, 15) is 21.6 Å². The lowest BCUT2D eigenvalue weighted by molar-refractivity contribution is -0.137. The summed E-state index contributed by atoms with van der Waals surface area (Å²) in [6.45, 7) is 0. The molecule has 0 atom stereocenters. The highest BCUT2D eigenvalue weighted by atomic mass is 35.5. The zero-order chi connectivity index (χ0) is 25.9. The van der Waals surface area contributed by atoms with Crippen LogP contribution in [0, 0.1) is 0 Å². The molecule has 0 unspecified atom stereocenters. The molecule has 0 aliphatic carbocycles. The van der Waals surface area contributed by atoms with Gasteiger partial charge in [0, 0.05) is 55.4 Å². The smallest absolute Gasteiger partial charge is 0.361 e. The number of alkyl halides is 3. The number of nitrogens with one attached hydrogen (secondary N) is 2. The molecule has 3 aromatic carbocycles. The number of aromatic amines is 2. The van der Waals surface area contributed by atoms with Crippen molar-refractivity contribution in [3.8, 4) is 0 Å². The van der Waals surface area contributed by atoms with Gasteiger partial charge in [0.05, 0.1) is 11.8 Å². The van der Waals surface area contributed by atoms with Gasteiger partial charge in [-0.1, -0.05) is 35.3 Å². The van der Waals surface area contributed by atoms with Crippen molar-refractivity contribution in [2.75, 3.05) is 6.26 Å². The quantitative estimate of drug-likeness (QED) is 0.225. The minimum absolute atomic E-state index is 0.155. The first-order chi connectivity index (χ1) is 16.9. The largest absolute Gasteiger partial charge is 0.416 e. The van der Waals surface area contributed by atoms with Crippen LogP contribution in [0.4, 0.5) is 13.2 Å². The first-order valence-electron chi connectivity index (χ1n) is 10.5. The van der Waals surface area contributed by atoms with Crippen LogP contribution in [-0.4, -0.2) is 24.6 Å². The number of benzene rings is 3. The predicted octanol–water partition coefficient (Wildman–Crippen LogP) is 7.24. The second-order valence-electron chi connectivity index (χ2n) is 8.33. The molecule has 0 saturated carbocycles. The van der Waals surface area contributed by atoms with Crippen LogP contribution in [0.25, 0.3) is 21.8 Å². The van der Waals surface area contributed by atoms with E-state index in [0.29, 0.717) is 43.0 Å². The Bertz CT molecular complexity index is 1630. The summed E-state index contributed by atoms with van der Waals surface area (Å²) in [6.07, 6.45) is -0.572. The SMILES string of the molecule is CS(=O)(=O)OC(c1ccc(C(F)(F)F)cc1)(c1c[nH]c2ccc(Cl)cc12)c1c[nH]c2ccc(Cl)cc12. The summed E-state index contributed by atoms with van der Waals surface area (Å²) in [4.78, 5) is 6.17. The molecule has 0 bridgehead atoms. The molecule has 0 aliphatic rings. The van der Waals surface area contributed by atoms with E-state index in [-0.39, 0.29) is 5.56 Å². The van der Waals surface area contributed by atoms with Crippen LogP contribution in [0.2, 0.25) is 10.0 Å². The number of halogens is 5. The molecular weight excluding hydrogens is 536 g/mol. The van der Waals surface area contributed by atoms with Crippen LogP contribution < -0.4 is 0 Å². The molecule has 2 heterocycles. The number of H-pyrrole nitrogens is 2. The van der Waals surface area contributed by atoms with Crippen molar-refractivity contribution in [1.29, 1.82) is 0 Å². The number of aromatic nitrogens is 2. The Balaban J connectivity index is 1.94. The molecule has 5 aromatic rings. The van der Waals surface area contributed by atoms with Crippen molar-refractivity contribution in [2.45, 2.75) is 11.8 Å². The average molecular weight is 553 g/mol. The molecule has 0 spiro atoms. The van der Waals surface area contributed by atoms with E-state index >= 15 is 0 Å². The Hall–Kier alpha value is -2.98. The molecule has 11 heteroatoms. The van der Waals surface area contributed by atoms with Gasteiger partial charge < -0.3 is 9.97 Å². The van der Waals surface area contributed by atoms with Crippen LogP contribution in [0.5, 0.6) is 0 Å². The van der Waals surface area contributed by atoms with Gasteiger partial charge in [0.1, 0.15) is 0 Å². The maximum Gasteiger partial charge on any atom is 0.416 e. The lowest BCUT2D eigenvalue weighted by Crippen LogP contribution is -2.35. The molecule has 0 radical (unpaired) electrons. The van der Waals surface area contributed by atoms with Gasteiger partial charge in [0.25, 0.3) is 10.1 Å². The summed E-state index contributed by atoms with van der Waals surface area (Å²) < 4.78 is 71.5. The summed E-state index contributed by atoms with van der Waals surface area (Å²) >= 11 is 12.5. The minimum atomic E-state index is -4.58. The van der Waals surface area contributed by atoms with Crippen LogP contribution >= 0.6 is 23.2 Å². The first kappa shape index (κ1) is 24.7. The van der Waals surface area contributed by atoms with E-state index in [2.05, 4.69) is 9.97 Å².